The second kappa shape index (κ2) is 9.96. The van der Waals surface area contributed by atoms with E-state index >= 15 is 0 Å². The van der Waals surface area contributed by atoms with Crippen molar-refractivity contribution >= 4 is 5.96 Å². The summed E-state index contributed by atoms with van der Waals surface area (Å²) in [4.78, 5) is 11.6. The molecule has 0 spiro atoms. The second-order valence-corrected chi connectivity index (χ2v) is 6.42. The number of guanidine groups is 1. The van der Waals surface area contributed by atoms with Crippen LogP contribution >= 0.6 is 0 Å². The van der Waals surface area contributed by atoms with E-state index in [4.69, 9.17) is 4.42 Å². The van der Waals surface area contributed by atoms with Crippen LogP contribution in [-0.2, 0) is 6.42 Å². The Bertz CT molecular complexity index is 659. The molecule has 3 N–H and O–H groups in total. The van der Waals surface area contributed by atoms with Crippen LogP contribution in [0.5, 0.6) is 0 Å². The highest BCUT2D eigenvalue weighted by Crippen LogP contribution is 2.14. The number of nitrogens with one attached hydrogen (secondary N) is 3. The second-order valence-electron chi connectivity index (χ2n) is 6.42. The highest BCUT2D eigenvalue weighted by atomic mass is 16.3. The van der Waals surface area contributed by atoms with Crippen molar-refractivity contribution in [3.05, 3.63) is 24.2 Å². The number of furan rings is 1. The van der Waals surface area contributed by atoms with Crippen LogP contribution in [0.3, 0.4) is 0 Å². The molecule has 0 atom stereocenters. The largest absolute Gasteiger partial charge is 0.461 e. The first-order valence-corrected chi connectivity index (χ1v) is 9.55. The first kappa shape index (κ1) is 18.4. The quantitative estimate of drug-likeness (QED) is 0.490. The molecule has 0 saturated carbocycles. The Morgan fingerprint density at radius 3 is 2.96 bits per heavy atom. The molecule has 142 valence electrons. The van der Waals surface area contributed by atoms with E-state index < -0.39 is 0 Å². The molecule has 3 rings (SSSR count). The molecule has 1 fully saturated rings. The predicted molar refractivity (Wildman–Crippen MR) is 102 cm³/mol. The molecule has 0 amide bonds. The van der Waals surface area contributed by atoms with E-state index in [-0.39, 0.29) is 0 Å². The van der Waals surface area contributed by atoms with Gasteiger partial charge in [0.2, 0.25) is 5.82 Å². The van der Waals surface area contributed by atoms with E-state index in [0.29, 0.717) is 11.6 Å². The average Bonchev–Trinajstić information content (AvgIpc) is 3.34. The fraction of sp³-hybridized carbons (Fsp3) is 0.611. The highest BCUT2D eigenvalue weighted by Gasteiger charge is 2.10. The Morgan fingerprint density at radius 2 is 2.19 bits per heavy atom. The minimum atomic E-state index is 0.590. The van der Waals surface area contributed by atoms with Crippen molar-refractivity contribution in [3.63, 3.8) is 0 Å². The summed E-state index contributed by atoms with van der Waals surface area (Å²) in [5, 5.41) is 13.8. The monoisotopic (exact) mass is 359 g/mol. The van der Waals surface area contributed by atoms with Crippen molar-refractivity contribution in [2.75, 3.05) is 39.3 Å². The minimum Gasteiger partial charge on any atom is -0.461 e. The van der Waals surface area contributed by atoms with Gasteiger partial charge < -0.3 is 20.0 Å². The lowest BCUT2D eigenvalue weighted by Crippen LogP contribution is -2.39. The van der Waals surface area contributed by atoms with Gasteiger partial charge in [-0.3, -0.25) is 10.1 Å². The van der Waals surface area contributed by atoms with Crippen LogP contribution in [0.1, 0.15) is 32.0 Å². The maximum Gasteiger partial charge on any atom is 0.216 e. The molecule has 1 aliphatic heterocycles. The van der Waals surface area contributed by atoms with Gasteiger partial charge in [0.15, 0.2) is 11.7 Å². The summed E-state index contributed by atoms with van der Waals surface area (Å²) in [7, 11) is 0. The molecular formula is C18H29N7O. The van der Waals surface area contributed by atoms with Gasteiger partial charge in [-0.2, -0.15) is 5.10 Å². The Kier molecular flexibility index (Phi) is 7.06. The number of H-pyrrole nitrogens is 1. The smallest absolute Gasteiger partial charge is 0.216 e. The molecule has 1 saturated heterocycles. The third-order valence-electron chi connectivity index (χ3n) is 4.41. The van der Waals surface area contributed by atoms with E-state index in [1.54, 1.807) is 6.26 Å². The highest BCUT2D eigenvalue weighted by molar-refractivity contribution is 5.79. The average molecular weight is 359 g/mol. The minimum absolute atomic E-state index is 0.590. The fourth-order valence-electron chi connectivity index (χ4n) is 3.05. The van der Waals surface area contributed by atoms with Crippen LogP contribution < -0.4 is 10.6 Å². The van der Waals surface area contributed by atoms with E-state index in [0.717, 1.165) is 44.4 Å². The zero-order valence-corrected chi connectivity index (χ0v) is 15.5. The Morgan fingerprint density at radius 1 is 1.31 bits per heavy atom. The van der Waals surface area contributed by atoms with Gasteiger partial charge in [-0.15, -0.1) is 0 Å². The number of nitrogens with zero attached hydrogens (tertiary/aromatic N) is 4. The van der Waals surface area contributed by atoms with E-state index in [2.05, 4.69) is 42.6 Å². The Labute approximate surface area is 154 Å². The van der Waals surface area contributed by atoms with Crippen molar-refractivity contribution in [2.24, 2.45) is 4.99 Å². The first-order chi connectivity index (χ1) is 12.8. The number of aliphatic imine (C=N–C) groups is 1. The summed E-state index contributed by atoms with van der Waals surface area (Å²) in [6.07, 6.45) is 6.37. The van der Waals surface area contributed by atoms with Crippen LogP contribution in [0.4, 0.5) is 0 Å². The lowest BCUT2D eigenvalue weighted by Gasteiger charge is -2.25. The number of rotatable bonds is 8. The molecule has 26 heavy (non-hydrogen) atoms. The topological polar surface area (TPSA) is 94.4 Å². The summed E-state index contributed by atoms with van der Waals surface area (Å²) < 4.78 is 5.31. The number of hydrogen-bond donors (Lipinski definition) is 3. The van der Waals surface area contributed by atoms with Crippen LogP contribution in [0.2, 0.25) is 0 Å². The molecule has 8 nitrogen and oxygen atoms in total. The number of aromatic nitrogens is 3. The van der Waals surface area contributed by atoms with E-state index in [1.165, 1.54) is 32.4 Å². The maximum absolute atomic E-state index is 5.31. The molecule has 0 radical (unpaired) electrons. The molecule has 0 bridgehead atoms. The van der Waals surface area contributed by atoms with Gasteiger partial charge in [0.1, 0.15) is 5.82 Å². The lowest BCUT2D eigenvalue weighted by atomic mass is 10.1. The molecule has 0 unspecified atom stereocenters. The predicted octanol–water partition coefficient (Wildman–Crippen LogP) is 1.65. The third-order valence-corrected chi connectivity index (χ3v) is 4.41. The summed E-state index contributed by atoms with van der Waals surface area (Å²) in [6.45, 7) is 7.94. The molecule has 0 aromatic carbocycles. The first-order valence-electron chi connectivity index (χ1n) is 9.55. The van der Waals surface area contributed by atoms with Crippen molar-refractivity contribution in [2.45, 2.75) is 32.6 Å². The van der Waals surface area contributed by atoms with Gasteiger partial charge in [-0.1, -0.05) is 6.42 Å². The van der Waals surface area contributed by atoms with Crippen LogP contribution in [0, 0.1) is 0 Å². The number of piperidine rings is 1. The molecular weight excluding hydrogens is 330 g/mol. The molecule has 2 aromatic rings. The van der Waals surface area contributed by atoms with Crippen LogP contribution in [0.25, 0.3) is 11.6 Å². The van der Waals surface area contributed by atoms with Gasteiger partial charge in [0.25, 0.3) is 0 Å². The number of hydrogen-bond acceptors (Lipinski definition) is 5. The molecule has 2 aromatic heterocycles. The zero-order chi connectivity index (χ0) is 18.0. The van der Waals surface area contributed by atoms with Gasteiger partial charge in [0, 0.05) is 26.1 Å². The van der Waals surface area contributed by atoms with Crippen LogP contribution in [-0.4, -0.2) is 65.3 Å². The molecule has 0 aliphatic carbocycles. The van der Waals surface area contributed by atoms with Crippen molar-refractivity contribution < 1.29 is 4.42 Å². The van der Waals surface area contributed by atoms with E-state index in [1.807, 2.05) is 12.1 Å². The standard InChI is InChI=1S/C18H29N7O/c1-2-19-18(21-10-13-25-11-4-3-5-12-25)20-9-8-16-22-17(24-23-16)15-7-6-14-26-15/h6-7,14H,2-5,8-13H2,1H3,(H2,19,20,21)(H,22,23,24). The number of likely N-dealkylation sites (tertiary alicyclic amines) is 1. The Balaban J connectivity index is 1.42. The SMILES string of the molecule is CCNC(=NCCN1CCCCC1)NCCc1nc(-c2ccco2)n[nH]1. The van der Waals surface area contributed by atoms with Crippen molar-refractivity contribution in [3.8, 4) is 11.6 Å². The van der Waals surface area contributed by atoms with Gasteiger partial charge >= 0.3 is 0 Å². The summed E-state index contributed by atoms with van der Waals surface area (Å²) >= 11 is 0. The maximum atomic E-state index is 5.31. The molecule has 8 heteroatoms. The van der Waals surface area contributed by atoms with Gasteiger partial charge in [-0.25, -0.2) is 4.98 Å². The summed E-state index contributed by atoms with van der Waals surface area (Å²) in [5.74, 6) is 2.95. The van der Waals surface area contributed by atoms with Gasteiger partial charge in [0.05, 0.1) is 12.8 Å². The third kappa shape index (κ3) is 5.59. The normalized spacial score (nSPS) is 16.0. The van der Waals surface area contributed by atoms with Crippen molar-refractivity contribution in [1.29, 1.82) is 0 Å². The fourth-order valence-corrected chi connectivity index (χ4v) is 3.05. The Hall–Kier alpha value is -2.35. The van der Waals surface area contributed by atoms with Gasteiger partial charge in [-0.05, 0) is 45.0 Å². The molecule has 3 heterocycles. The van der Waals surface area contributed by atoms with E-state index in [9.17, 15) is 0 Å². The summed E-state index contributed by atoms with van der Waals surface area (Å²) in [5.41, 5.74) is 0. The van der Waals surface area contributed by atoms with Crippen LogP contribution in [0.15, 0.2) is 27.8 Å². The number of aromatic amines is 1. The van der Waals surface area contributed by atoms with Crippen molar-refractivity contribution in [1.82, 2.24) is 30.7 Å². The summed E-state index contributed by atoms with van der Waals surface area (Å²) in [6, 6.07) is 3.68. The molecule has 1 aliphatic rings. The lowest BCUT2D eigenvalue weighted by molar-refractivity contribution is 0.235. The zero-order valence-electron chi connectivity index (χ0n) is 15.5.